The summed E-state index contributed by atoms with van der Waals surface area (Å²) < 4.78 is 35.2. The lowest BCUT2D eigenvalue weighted by molar-refractivity contribution is -0.193. The molecule has 7 heteroatoms. The summed E-state index contributed by atoms with van der Waals surface area (Å²) >= 11 is 0. The molecule has 0 aromatic rings. The zero-order valence-electron chi connectivity index (χ0n) is 8.06. The molecule has 1 aliphatic heterocycles. The standard InChI is InChI=1S/C8H13F3N2O2/c9-8(10,11)5-15-13-6-2-1-3-12-7(14)4-6/h6,13H,1-5H2,(H,12,14). The second-order valence-electron chi connectivity index (χ2n) is 3.41. The number of carbonyl (C=O) groups is 1. The van der Waals surface area contributed by atoms with Gasteiger partial charge in [0.25, 0.3) is 0 Å². The molecule has 0 saturated carbocycles. The molecule has 1 amide bonds. The van der Waals surface area contributed by atoms with Crippen molar-refractivity contribution in [2.45, 2.75) is 31.5 Å². The molecular weight excluding hydrogens is 213 g/mol. The molecule has 1 aliphatic rings. The van der Waals surface area contributed by atoms with Gasteiger partial charge in [-0.2, -0.15) is 18.7 Å². The van der Waals surface area contributed by atoms with Crippen molar-refractivity contribution < 1.29 is 22.8 Å². The number of nitrogens with one attached hydrogen (secondary N) is 2. The average molecular weight is 226 g/mol. The van der Waals surface area contributed by atoms with Gasteiger partial charge >= 0.3 is 6.18 Å². The average Bonchev–Trinajstić information content (AvgIpc) is 2.27. The van der Waals surface area contributed by atoms with Gasteiger partial charge in [0, 0.05) is 19.0 Å². The number of hydrogen-bond acceptors (Lipinski definition) is 3. The minimum atomic E-state index is -4.35. The Morgan fingerprint density at radius 2 is 2.27 bits per heavy atom. The van der Waals surface area contributed by atoms with E-state index in [1.807, 2.05) is 0 Å². The summed E-state index contributed by atoms with van der Waals surface area (Å²) in [6, 6.07) is -0.338. The van der Waals surface area contributed by atoms with E-state index in [0.29, 0.717) is 13.0 Å². The van der Waals surface area contributed by atoms with Gasteiger partial charge in [-0.05, 0) is 12.8 Å². The van der Waals surface area contributed by atoms with Crippen molar-refractivity contribution in [2.24, 2.45) is 0 Å². The van der Waals surface area contributed by atoms with E-state index in [0.717, 1.165) is 6.42 Å². The molecule has 15 heavy (non-hydrogen) atoms. The van der Waals surface area contributed by atoms with Crippen LogP contribution in [0, 0.1) is 0 Å². The minimum Gasteiger partial charge on any atom is -0.356 e. The number of rotatable bonds is 3. The van der Waals surface area contributed by atoms with Crippen molar-refractivity contribution in [3.63, 3.8) is 0 Å². The Kier molecular flexibility index (Phi) is 4.34. The molecule has 1 heterocycles. The first-order chi connectivity index (χ1) is 6.97. The van der Waals surface area contributed by atoms with Crippen molar-refractivity contribution >= 4 is 5.91 Å². The predicted molar refractivity (Wildman–Crippen MR) is 45.8 cm³/mol. The van der Waals surface area contributed by atoms with E-state index in [-0.39, 0.29) is 18.4 Å². The van der Waals surface area contributed by atoms with E-state index in [9.17, 15) is 18.0 Å². The van der Waals surface area contributed by atoms with Crippen molar-refractivity contribution in [3.05, 3.63) is 0 Å². The topological polar surface area (TPSA) is 50.4 Å². The highest BCUT2D eigenvalue weighted by molar-refractivity contribution is 5.76. The van der Waals surface area contributed by atoms with Gasteiger partial charge in [-0.25, -0.2) is 0 Å². The zero-order chi connectivity index (χ0) is 11.3. The summed E-state index contributed by atoms with van der Waals surface area (Å²) in [7, 11) is 0. The van der Waals surface area contributed by atoms with Crippen LogP contribution in [0.25, 0.3) is 0 Å². The molecule has 0 radical (unpaired) electrons. The van der Waals surface area contributed by atoms with Crippen LogP contribution in [0.2, 0.25) is 0 Å². The van der Waals surface area contributed by atoms with Gasteiger partial charge in [-0.15, -0.1) is 0 Å². The van der Waals surface area contributed by atoms with Gasteiger partial charge in [-0.3, -0.25) is 9.63 Å². The molecule has 0 aliphatic carbocycles. The van der Waals surface area contributed by atoms with Crippen molar-refractivity contribution in [1.82, 2.24) is 10.8 Å². The highest BCUT2D eigenvalue weighted by Crippen LogP contribution is 2.14. The largest absolute Gasteiger partial charge is 0.413 e. The molecular formula is C8H13F3N2O2. The molecule has 1 rings (SSSR count). The Balaban J connectivity index is 2.22. The summed E-state index contributed by atoms with van der Waals surface area (Å²) in [5.41, 5.74) is 2.27. The summed E-state index contributed by atoms with van der Waals surface area (Å²) in [5.74, 6) is -0.166. The van der Waals surface area contributed by atoms with Crippen LogP contribution in [0.5, 0.6) is 0 Å². The quantitative estimate of drug-likeness (QED) is 0.698. The lowest BCUT2D eigenvalue weighted by Gasteiger charge is -2.15. The Hall–Kier alpha value is -0.820. The molecule has 0 spiro atoms. The van der Waals surface area contributed by atoms with Crippen LogP contribution in [0.15, 0.2) is 0 Å². The van der Waals surface area contributed by atoms with Gasteiger partial charge in [0.2, 0.25) is 5.91 Å². The number of hydrogen-bond donors (Lipinski definition) is 2. The molecule has 0 bridgehead atoms. The van der Waals surface area contributed by atoms with E-state index in [4.69, 9.17) is 0 Å². The molecule has 2 N–H and O–H groups in total. The van der Waals surface area contributed by atoms with Gasteiger partial charge in [-0.1, -0.05) is 0 Å². The highest BCUT2D eigenvalue weighted by Gasteiger charge is 2.28. The first-order valence-electron chi connectivity index (χ1n) is 4.68. The zero-order valence-corrected chi connectivity index (χ0v) is 8.06. The van der Waals surface area contributed by atoms with Crippen LogP contribution in [-0.4, -0.2) is 31.3 Å². The second kappa shape index (κ2) is 5.32. The summed E-state index contributed by atoms with van der Waals surface area (Å²) in [6.45, 7) is -0.776. The third-order valence-electron chi connectivity index (χ3n) is 1.97. The minimum absolute atomic E-state index is 0.151. The molecule has 1 fully saturated rings. The molecule has 4 nitrogen and oxygen atoms in total. The lowest BCUT2D eigenvalue weighted by Crippen LogP contribution is -2.35. The molecule has 0 aromatic heterocycles. The Morgan fingerprint density at radius 1 is 1.53 bits per heavy atom. The lowest BCUT2D eigenvalue weighted by atomic mass is 10.1. The molecule has 88 valence electrons. The fraction of sp³-hybridized carbons (Fsp3) is 0.875. The first-order valence-corrected chi connectivity index (χ1v) is 4.68. The highest BCUT2D eigenvalue weighted by atomic mass is 19.4. The summed E-state index contributed by atoms with van der Waals surface area (Å²) in [5, 5.41) is 2.62. The van der Waals surface area contributed by atoms with Crippen LogP contribution >= 0.6 is 0 Å². The van der Waals surface area contributed by atoms with Crippen LogP contribution in [0.1, 0.15) is 19.3 Å². The van der Waals surface area contributed by atoms with E-state index >= 15 is 0 Å². The smallest absolute Gasteiger partial charge is 0.356 e. The first kappa shape index (κ1) is 12.3. The third-order valence-corrected chi connectivity index (χ3v) is 1.97. The predicted octanol–water partition coefficient (Wildman–Crippen LogP) is 0.739. The molecule has 1 saturated heterocycles. The number of amides is 1. The fourth-order valence-electron chi connectivity index (χ4n) is 1.32. The fourth-order valence-corrected chi connectivity index (χ4v) is 1.32. The van der Waals surface area contributed by atoms with E-state index in [1.54, 1.807) is 0 Å². The van der Waals surface area contributed by atoms with Crippen LogP contribution in [-0.2, 0) is 9.63 Å². The number of carbonyl (C=O) groups excluding carboxylic acids is 1. The number of hydroxylamine groups is 1. The Labute approximate surface area is 85.1 Å². The van der Waals surface area contributed by atoms with Crippen LogP contribution in [0.3, 0.4) is 0 Å². The Morgan fingerprint density at radius 3 is 2.93 bits per heavy atom. The second-order valence-corrected chi connectivity index (χ2v) is 3.41. The van der Waals surface area contributed by atoms with Gasteiger partial charge < -0.3 is 5.32 Å². The molecule has 1 unspecified atom stereocenters. The Bertz CT molecular complexity index is 220. The maximum absolute atomic E-state index is 11.7. The molecule has 1 atom stereocenters. The van der Waals surface area contributed by atoms with Crippen molar-refractivity contribution in [1.29, 1.82) is 0 Å². The van der Waals surface area contributed by atoms with Crippen LogP contribution in [0.4, 0.5) is 13.2 Å². The van der Waals surface area contributed by atoms with Gasteiger partial charge in [0.15, 0.2) is 6.61 Å². The normalized spacial score (nSPS) is 23.4. The van der Waals surface area contributed by atoms with E-state index in [1.165, 1.54) is 0 Å². The summed E-state index contributed by atoms with van der Waals surface area (Å²) in [6.07, 6.45) is -2.84. The number of alkyl halides is 3. The van der Waals surface area contributed by atoms with E-state index < -0.39 is 12.8 Å². The van der Waals surface area contributed by atoms with E-state index in [2.05, 4.69) is 15.6 Å². The SMILES string of the molecule is O=C1CC(NOCC(F)(F)F)CCCN1. The van der Waals surface area contributed by atoms with Gasteiger partial charge in [0.1, 0.15) is 0 Å². The molecule has 0 aromatic carbocycles. The van der Waals surface area contributed by atoms with Crippen LogP contribution < -0.4 is 10.8 Å². The monoisotopic (exact) mass is 226 g/mol. The van der Waals surface area contributed by atoms with Gasteiger partial charge in [0.05, 0.1) is 0 Å². The maximum Gasteiger partial charge on any atom is 0.413 e. The maximum atomic E-state index is 11.7. The third kappa shape index (κ3) is 5.58. The summed E-state index contributed by atoms with van der Waals surface area (Å²) in [4.78, 5) is 15.3. The van der Waals surface area contributed by atoms with Crippen molar-refractivity contribution in [3.8, 4) is 0 Å². The van der Waals surface area contributed by atoms with Crippen molar-refractivity contribution in [2.75, 3.05) is 13.2 Å². The number of halogens is 3.